The first-order chi connectivity index (χ1) is 7.94. The Morgan fingerprint density at radius 3 is 2.65 bits per heavy atom. The van der Waals surface area contributed by atoms with Gasteiger partial charge in [0.1, 0.15) is 0 Å². The van der Waals surface area contributed by atoms with E-state index < -0.39 is 10.0 Å². The molecule has 0 unspecified atom stereocenters. The fourth-order valence-electron chi connectivity index (χ4n) is 1.39. The molecule has 96 valence electrons. The summed E-state index contributed by atoms with van der Waals surface area (Å²) in [5.41, 5.74) is 2.22. The van der Waals surface area contributed by atoms with E-state index in [0.717, 1.165) is 11.1 Å². The SMILES string of the molecule is CNS(=O)(=O)CCNCc1ccc(Cl)cc1C. The topological polar surface area (TPSA) is 58.2 Å². The molecule has 0 aliphatic heterocycles. The van der Waals surface area contributed by atoms with Gasteiger partial charge in [0.05, 0.1) is 5.75 Å². The summed E-state index contributed by atoms with van der Waals surface area (Å²) < 4.78 is 24.6. The average Bonchev–Trinajstić information content (AvgIpc) is 2.27. The van der Waals surface area contributed by atoms with Crippen molar-refractivity contribution in [3.8, 4) is 0 Å². The molecular formula is C11H17ClN2O2S. The lowest BCUT2D eigenvalue weighted by atomic mass is 10.1. The number of nitrogens with one attached hydrogen (secondary N) is 2. The molecule has 0 amide bonds. The van der Waals surface area contributed by atoms with Gasteiger partial charge in [-0.05, 0) is 37.2 Å². The van der Waals surface area contributed by atoms with E-state index >= 15 is 0 Å². The zero-order valence-electron chi connectivity index (χ0n) is 9.96. The summed E-state index contributed by atoms with van der Waals surface area (Å²) >= 11 is 5.85. The van der Waals surface area contributed by atoms with E-state index in [1.807, 2.05) is 25.1 Å². The molecule has 1 rings (SSSR count). The van der Waals surface area contributed by atoms with Gasteiger partial charge in [-0.3, -0.25) is 0 Å². The Morgan fingerprint density at radius 2 is 2.06 bits per heavy atom. The van der Waals surface area contributed by atoms with Gasteiger partial charge in [-0.1, -0.05) is 17.7 Å². The lowest BCUT2D eigenvalue weighted by Gasteiger charge is -2.08. The number of hydrogen-bond donors (Lipinski definition) is 2. The molecule has 0 saturated carbocycles. The lowest BCUT2D eigenvalue weighted by molar-refractivity contribution is 0.583. The van der Waals surface area contributed by atoms with Crippen LogP contribution in [0.15, 0.2) is 18.2 Å². The van der Waals surface area contributed by atoms with Crippen molar-refractivity contribution in [1.29, 1.82) is 0 Å². The monoisotopic (exact) mass is 276 g/mol. The Bertz CT molecular complexity index is 474. The van der Waals surface area contributed by atoms with Crippen molar-refractivity contribution in [2.45, 2.75) is 13.5 Å². The van der Waals surface area contributed by atoms with Crippen LogP contribution >= 0.6 is 11.6 Å². The van der Waals surface area contributed by atoms with E-state index in [9.17, 15) is 8.42 Å². The van der Waals surface area contributed by atoms with Crippen molar-refractivity contribution in [2.75, 3.05) is 19.3 Å². The van der Waals surface area contributed by atoms with Crippen molar-refractivity contribution in [3.05, 3.63) is 34.3 Å². The van der Waals surface area contributed by atoms with Crippen molar-refractivity contribution < 1.29 is 8.42 Å². The maximum absolute atomic E-state index is 11.2. The fraction of sp³-hybridized carbons (Fsp3) is 0.455. The summed E-state index contributed by atoms with van der Waals surface area (Å²) in [5.74, 6) is 0.0795. The van der Waals surface area contributed by atoms with Gasteiger partial charge in [-0.25, -0.2) is 13.1 Å². The second-order valence-corrected chi connectivity index (χ2v) is 6.25. The van der Waals surface area contributed by atoms with Gasteiger partial charge in [-0.2, -0.15) is 0 Å². The first-order valence-electron chi connectivity index (χ1n) is 5.31. The van der Waals surface area contributed by atoms with Crippen LogP contribution < -0.4 is 10.0 Å². The third-order valence-electron chi connectivity index (χ3n) is 2.48. The van der Waals surface area contributed by atoms with Gasteiger partial charge in [0.2, 0.25) is 10.0 Å². The van der Waals surface area contributed by atoms with E-state index in [1.165, 1.54) is 7.05 Å². The highest BCUT2D eigenvalue weighted by molar-refractivity contribution is 7.89. The number of aryl methyl sites for hydroxylation is 1. The Hall–Kier alpha value is -0.620. The van der Waals surface area contributed by atoms with Crippen LogP contribution in [0.25, 0.3) is 0 Å². The molecule has 0 aliphatic carbocycles. The van der Waals surface area contributed by atoms with Crippen LogP contribution in [0.4, 0.5) is 0 Å². The summed E-state index contributed by atoms with van der Waals surface area (Å²) in [7, 11) is -1.71. The highest BCUT2D eigenvalue weighted by atomic mass is 35.5. The number of halogens is 1. The second kappa shape index (κ2) is 6.35. The van der Waals surface area contributed by atoms with Gasteiger partial charge in [0, 0.05) is 18.1 Å². The Labute approximate surface area is 107 Å². The maximum atomic E-state index is 11.2. The molecule has 0 aliphatic rings. The minimum atomic E-state index is -3.12. The van der Waals surface area contributed by atoms with Crippen molar-refractivity contribution in [2.24, 2.45) is 0 Å². The van der Waals surface area contributed by atoms with Crippen molar-refractivity contribution in [3.63, 3.8) is 0 Å². The van der Waals surface area contributed by atoms with Crippen LogP contribution in [0, 0.1) is 6.92 Å². The first kappa shape index (κ1) is 14.4. The van der Waals surface area contributed by atoms with Crippen LogP contribution in [-0.2, 0) is 16.6 Å². The van der Waals surface area contributed by atoms with Crippen LogP contribution in [0.3, 0.4) is 0 Å². The molecule has 0 saturated heterocycles. The van der Waals surface area contributed by atoms with Gasteiger partial charge in [-0.15, -0.1) is 0 Å². The quantitative estimate of drug-likeness (QED) is 0.770. The summed E-state index contributed by atoms with van der Waals surface area (Å²) in [6, 6.07) is 5.66. The molecule has 2 N–H and O–H groups in total. The zero-order chi connectivity index (χ0) is 12.9. The molecule has 0 radical (unpaired) electrons. The highest BCUT2D eigenvalue weighted by Gasteiger charge is 2.05. The third-order valence-corrected chi connectivity index (χ3v) is 4.08. The Morgan fingerprint density at radius 1 is 1.35 bits per heavy atom. The Kier molecular flexibility index (Phi) is 5.39. The molecule has 6 heteroatoms. The number of rotatable bonds is 6. The number of hydrogen-bond acceptors (Lipinski definition) is 3. The molecule has 1 aromatic rings. The Balaban J connectivity index is 2.41. The summed E-state index contributed by atoms with van der Waals surface area (Å²) in [6.07, 6.45) is 0. The molecule has 17 heavy (non-hydrogen) atoms. The minimum absolute atomic E-state index is 0.0795. The van der Waals surface area contributed by atoms with Gasteiger partial charge < -0.3 is 5.32 Å². The molecule has 0 fully saturated rings. The molecule has 4 nitrogen and oxygen atoms in total. The second-order valence-electron chi connectivity index (χ2n) is 3.77. The van der Waals surface area contributed by atoms with E-state index in [0.29, 0.717) is 18.1 Å². The molecule has 0 heterocycles. The van der Waals surface area contributed by atoms with Crippen LogP contribution in [0.1, 0.15) is 11.1 Å². The van der Waals surface area contributed by atoms with Gasteiger partial charge in [0.15, 0.2) is 0 Å². The summed E-state index contributed by atoms with van der Waals surface area (Å²) in [5, 5.41) is 3.80. The van der Waals surface area contributed by atoms with Gasteiger partial charge in [0.25, 0.3) is 0 Å². The van der Waals surface area contributed by atoms with E-state index in [1.54, 1.807) is 0 Å². The number of benzene rings is 1. The molecule has 0 spiro atoms. The minimum Gasteiger partial charge on any atom is -0.312 e. The maximum Gasteiger partial charge on any atom is 0.212 e. The van der Waals surface area contributed by atoms with E-state index in [-0.39, 0.29) is 5.75 Å². The smallest absolute Gasteiger partial charge is 0.212 e. The van der Waals surface area contributed by atoms with Crippen LogP contribution in [0.5, 0.6) is 0 Å². The predicted molar refractivity (Wildman–Crippen MR) is 70.7 cm³/mol. The normalized spacial score (nSPS) is 11.7. The van der Waals surface area contributed by atoms with E-state index in [2.05, 4.69) is 10.0 Å². The lowest BCUT2D eigenvalue weighted by Crippen LogP contribution is -2.29. The van der Waals surface area contributed by atoms with Gasteiger partial charge >= 0.3 is 0 Å². The molecule has 1 aromatic carbocycles. The van der Waals surface area contributed by atoms with Crippen molar-refractivity contribution >= 4 is 21.6 Å². The van der Waals surface area contributed by atoms with E-state index in [4.69, 9.17) is 11.6 Å². The molecule has 0 bridgehead atoms. The summed E-state index contributed by atoms with van der Waals surface area (Å²) in [6.45, 7) is 3.04. The molecule has 0 aromatic heterocycles. The predicted octanol–water partition coefficient (Wildman–Crippen LogP) is 1.29. The number of sulfonamides is 1. The first-order valence-corrected chi connectivity index (χ1v) is 7.34. The molecular weight excluding hydrogens is 260 g/mol. The fourth-order valence-corrected chi connectivity index (χ4v) is 2.23. The average molecular weight is 277 g/mol. The van der Waals surface area contributed by atoms with Crippen LogP contribution in [-0.4, -0.2) is 27.8 Å². The van der Waals surface area contributed by atoms with Crippen LogP contribution in [0.2, 0.25) is 5.02 Å². The highest BCUT2D eigenvalue weighted by Crippen LogP contribution is 2.14. The molecule has 0 atom stereocenters. The van der Waals surface area contributed by atoms with Crippen molar-refractivity contribution in [1.82, 2.24) is 10.0 Å². The summed E-state index contributed by atoms with van der Waals surface area (Å²) in [4.78, 5) is 0. The standard InChI is InChI=1S/C11H17ClN2O2S/c1-9-7-11(12)4-3-10(9)8-14-5-6-17(15,16)13-2/h3-4,7,13-14H,5-6,8H2,1-2H3. The zero-order valence-corrected chi connectivity index (χ0v) is 11.5. The third kappa shape index (κ3) is 5.04. The largest absolute Gasteiger partial charge is 0.312 e.